The van der Waals surface area contributed by atoms with E-state index in [9.17, 15) is 0 Å². The van der Waals surface area contributed by atoms with Crippen molar-refractivity contribution >= 4 is 0 Å². The van der Waals surface area contributed by atoms with E-state index in [4.69, 9.17) is 9.47 Å². The summed E-state index contributed by atoms with van der Waals surface area (Å²) < 4.78 is 11.9. The lowest BCUT2D eigenvalue weighted by Gasteiger charge is -2.24. The first-order chi connectivity index (χ1) is 7.98. The number of rotatable bonds is 4. The van der Waals surface area contributed by atoms with E-state index in [-0.39, 0.29) is 11.2 Å². The highest BCUT2D eigenvalue weighted by molar-refractivity contribution is 5.23. The minimum Gasteiger partial charge on any atom is -0.363 e. The lowest BCUT2D eigenvalue weighted by molar-refractivity contribution is 0.181. The molecule has 1 unspecified atom stereocenters. The summed E-state index contributed by atoms with van der Waals surface area (Å²) in [7, 11) is 0. The van der Waals surface area contributed by atoms with Gasteiger partial charge in [0.25, 0.3) is 0 Å². The maximum absolute atomic E-state index is 6.06. The van der Waals surface area contributed by atoms with Gasteiger partial charge < -0.3 is 9.47 Å². The second-order valence-electron chi connectivity index (χ2n) is 6.60. The summed E-state index contributed by atoms with van der Waals surface area (Å²) in [6, 6.07) is 0. The summed E-state index contributed by atoms with van der Waals surface area (Å²) in [5.41, 5.74) is 1.77. The predicted octanol–water partition coefficient (Wildman–Crippen LogP) is 3.46. The van der Waals surface area contributed by atoms with E-state index >= 15 is 0 Å². The van der Waals surface area contributed by atoms with Crippen LogP contribution in [0.5, 0.6) is 0 Å². The fourth-order valence-corrected chi connectivity index (χ4v) is 3.51. The Hall–Kier alpha value is -0.340. The molecule has 3 rings (SSSR count). The van der Waals surface area contributed by atoms with Crippen LogP contribution >= 0.6 is 0 Å². The molecule has 0 N–H and O–H groups in total. The van der Waals surface area contributed by atoms with Crippen LogP contribution in [-0.2, 0) is 9.47 Å². The fraction of sp³-hybridized carbons (Fsp3) is 0.867. The second-order valence-corrected chi connectivity index (χ2v) is 6.60. The van der Waals surface area contributed by atoms with E-state index in [1.165, 1.54) is 31.3 Å². The molecule has 0 bridgehead atoms. The van der Waals surface area contributed by atoms with Crippen LogP contribution in [0.1, 0.15) is 53.4 Å². The van der Waals surface area contributed by atoms with Crippen LogP contribution in [0.15, 0.2) is 11.6 Å². The molecule has 2 nitrogen and oxygen atoms in total. The Bertz CT molecular complexity index is 358. The first-order valence-corrected chi connectivity index (χ1v) is 6.97. The van der Waals surface area contributed by atoms with Crippen molar-refractivity contribution in [3.63, 3.8) is 0 Å². The van der Waals surface area contributed by atoms with Gasteiger partial charge in [-0.3, -0.25) is 0 Å². The van der Waals surface area contributed by atoms with Crippen LogP contribution in [0.25, 0.3) is 0 Å². The van der Waals surface area contributed by atoms with Crippen molar-refractivity contribution < 1.29 is 9.47 Å². The monoisotopic (exact) mass is 236 g/mol. The standard InChI is InChI=1S/C15H24O2/c1-10(2)6-5-7-11(3)15-9-8-14(4)12(16-14)13(15)17-15/h6,11-13H,5,7-9H2,1-4H3/t11?,12-,13+,14+,15+/m1/s1. The Morgan fingerprint density at radius 1 is 1.29 bits per heavy atom. The number of hydrogen-bond donors (Lipinski definition) is 0. The molecule has 1 aliphatic carbocycles. The third-order valence-corrected chi connectivity index (χ3v) is 4.99. The van der Waals surface area contributed by atoms with Crippen LogP contribution < -0.4 is 0 Å². The second kappa shape index (κ2) is 3.58. The molecular weight excluding hydrogens is 212 g/mol. The Morgan fingerprint density at radius 3 is 2.76 bits per heavy atom. The van der Waals surface area contributed by atoms with Crippen LogP contribution in [0, 0.1) is 5.92 Å². The van der Waals surface area contributed by atoms with Gasteiger partial charge in [0.1, 0.15) is 17.8 Å². The highest BCUT2D eigenvalue weighted by Crippen LogP contribution is 2.63. The van der Waals surface area contributed by atoms with Gasteiger partial charge >= 0.3 is 0 Å². The van der Waals surface area contributed by atoms with Crippen LogP contribution in [-0.4, -0.2) is 23.4 Å². The molecule has 2 aliphatic heterocycles. The number of epoxide rings is 2. The van der Waals surface area contributed by atoms with E-state index in [0.717, 1.165) is 0 Å². The maximum Gasteiger partial charge on any atom is 0.117 e. The SMILES string of the molecule is CC(C)=CCCC(C)[C@@]12CC[C@]3(C)O[C@@H]3[C@@H]1O2. The Balaban J connectivity index is 1.57. The molecule has 0 radical (unpaired) electrons. The molecule has 0 spiro atoms. The average molecular weight is 236 g/mol. The molecule has 2 heteroatoms. The molecular formula is C15H24O2. The van der Waals surface area contributed by atoms with E-state index in [0.29, 0.717) is 18.1 Å². The van der Waals surface area contributed by atoms with Crippen molar-refractivity contribution in [3.05, 3.63) is 11.6 Å². The zero-order valence-corrected chi connectivity index (χ0v) is 11.5. The van der Waals surface area contributed by atoms with Gasteiger partial charge in [0.05, 0.1) is 5.60 Å². The van der Waals surface area contributed by atoms with Crippen LogP contribution in [0.3, 0.4) is 0 Å². The highest BCUT2D eigenvalue weighted by atomic mass is 16.7. The summed E-state index contributed by atoms with van der Waals surface area (Å²) >= 11 is 0. The summed E-state index contributed by atoms with van der Waals surface area (Å²) in [6.07, 6.45) is 7.95. The fourth-order valence-electron chi connectivity index (χ4n) is 3.51. The first-order valence-electron chi connectivity index (χ1n) is 6.97. The zero-order chi connectivity index (χ0) is 12.3. The molecule has 1 saturated carbocycles. The van der Waals surface area contributed by atoms with Gasteiger partial charge in [-0.15, -0.1) is 0 Å². The third kappa shape index (κ3) is 1.77. The van der Waals surface area contributed by atoms with E-state index < -0.39 is 0 Å². The van der Waals surface area contributed by atoms with Gasteiger partial charge in [-0.25, -0.2) is 0 Å². The smallest absolute Gasteiger partial charge is 0.117 e. The maximum atomic E-state index is 6.06. The van der Waals surface area contributed by atoms with Gasteiger partial charge in [0.15, 0.2) is 0 Å². The molecule has 2 heterocycles. The molecule has 0 aromatic carbocycles. The molecule has 0 amide bonds. The molecule has 0 aromatic rings. The van der Waals surface area contributed by atoms with Gasteiger partial charge in [-0.05, 0) is 52.4 Å². The topological polar surface area (TPSA) is 25.1 Å². The highest BCUT2D eigenvalue weighted by Gasteiger charge is 2.76. The van der Waals surface area contributed by atoms with Crippen LogP contribution in [0.2, 0.25) is 0 Å². The Morgan fingerprint density at radius 2 is 2.06 bits per heavy atom. The van der Waals surface area contributed by atoms with Gasteiger partial charge in [-0.1, -0.05) is 18.6 Å². The molecule has 0 aromatic heterocycles. The summed E-state index contributed by atoms with van der Waals surface area (Å²) in [6.45, 7) is 8.92. The molecule has 2 saturated heterocycles. The van der Waals surface area contributed by atoms with Crippen LogP contribution in [0.4, 0.5) is 0 Å². The predicted molar refractivity (Wildman–Crippen MR) is 67.9 cm³/mol. The van der Waals surface area contributed by atoms with Crippen molar-refractivity contribution in [2.24, 2.45) is 5.92 Å². The Labute approximate surface area is 104 Å². The number of fused-ring (bicyclic) bond motifs is 3. The zero-order valence-electron chi connectivity index (χ0n) is 11.5. The van der Waals surface area contributed by atoms with Crippen molar-refractivity contribution in [2.45, 2.75) is 76.8 Å². The van der Waals surface area contributed by atoms with E-state index in [2.05, 4.69) is 33.8 Å². The van der Waals surface area contributed by atoms with Gasteiger partial charge in [0.2, 0.25) is 0 Å². The largest absolute Gasteiger partial charge is 0.363 e. The molecule has 3 aliphatic rings. The summed E-state index contributed by atoms with van der Waals surface area (Å²) in [5, 5.41) is 0. The summed E-state index contributed by atoms with van der Waals surface area (Å²) in [4.78, 5) is 0. The molecule has 96 valence electrons. The summed E-state index contributed by atoms with van der Waals surface area (Å²) in [5.74, 6) is 0.664. The van der Waals surface area contributed by atoms with Crippen molar-refractivity contribution in [1.29, 1.82) is 0 Å². The minimum absolute atomic E-state index is 0.171. The van der Waals surface area contributed by atoms with Crippen molar-refractivity contribution in [1.82, 2.24) is 0 Å². The lowest BCUT2D eigenvalue weighted by Crippen LogP contribution is -2.34. The van der Waals surface area contributed by atoms with Gasteiger partial charge in [0, 0.05) is 0 Å². The first kappa shape index (κ1) is 11.7. The molecule has 17 heavy (non-hydrogen) atoms. The lowest BCUT2D eigenvalue weighted by atomic mass is 9.75. The van der Waals surface area contributed by atoms with E-state index in [1.807, 2.05) is 0 Å². The average Bonchev–Trinajstić information content (AvgIpc) is 3.08. The van der Waals surface area contributed by atoms with Gasteiger partial charge in [-0.2, -0.15) is 0 Å². The molecule has 3 fully saturated rings. The normalized spacial score (nSPS) is 47.8. The Kier molecular flexibility index (Phi) is 2.47. The number of allylic oxidation sites excluding steroid dienone is 2. The third-order valence-electron chi connectivity index (χ3n) is 4.99. The van der Waals surface area contributed by atoms with E-state index in [1.54, 1.807) is 0 Å². The van der Waals surface area contributed by atoms with Crippen molar-refractivity contribution in [3.8, 4) is 0 Å². The minimum atomic E-state index is 0.171. The number of hydrogen-bond acceptors (Lipinski definition) is 2. The quantitative estimate of drug-likeness (QED) is 0.551. The number of ether oxygens (including phenoxy) is 2. The molecule has 5 atom stereocenters. The van der Waals surface area contributed by atoms with Crippen molar-refractivity contribution in [2.75, 3.05) is 0 Å².